The zero-order chi connectivity index (χ0) is 8.27. The van der Waals surface area contributed by atoms with Gasteiger partial charge in [-0.25, -0.2) is 0 Å². The second-order valence-electron chi connectivity index (χ2n) is 2.30. The van der Waals surface area contributed by atoms with Gasteiger partial charge in [0.05, 0.1) is 11.3 Å². The molecule has 1 aliphatic rings. The lowest BCUT2D eigenvalue weighted by Crippen LogP contribution is -2.27. The normalized spacial score (nSPS) is 30.8. The van der Waals surface area contributed by atoms with Gasteiger partial charge in [-0.3, -0.25) is 0 Å². The molecule has 1 rings (SSSR count). The molecule has 0 aromatic heterocycles. The van der Waals surface area contributed by atoms with Crippen LogP contribution in [0.1, 0.15) is 6.92 Å². The molecule has 2 unspecified atom stereocenters. The lowest BCUT2D eigenvalue weighted by atomic mass is 10.2. The molecular formula is C8H11NS2. The highest BCUT2D eigenvalue weighted by Crippen LogP contribution is 2.24. The highest BCUT2D eigenvalue weighted by Gasteiger charge is 2.25. The standard InChI is InChI=1S/C8H11NS2/c1-3-5-7-6(4-2)9-8(10)11-7/h3-7H,2H2,1H3,(H,9,10)/b5-3-. The van der Waals surface area contributed by atoms with E-state index in [0.29, 0.717) is 11.3 Å². The Bertz CT molecular complexity index is 198. The number of hydrogen-bond donors (Lipinski definition) is 1. The summed E-state index contributed by atoms with van der Waals surface area (Å²) >= 11 is 6.71. The van der Waals surface area contributed by atoms with E-state index in [1.807, 2.05) is 19.1 Å². The minimum Gasteiger partial charge on any atom is -0.363 e. The summed E-state index contributed by atoms with van der Waals surface area (Å²) in [7, 11) is 0. The topological polar surface area (TPSA) is 12.0 Å². The van der Waals surface area contributed by atoms with Crippen LogP contribution in [0.15, 0.2) is 24.8 Å². The summed E-state index contributed by atoms with van der Waals surface area (Å²) in [6.45, 7) is 5.76. The predicted molar refractivity (Wildman–Crippen MR) is 55.9 cm³/mol. The molecule has 1 heterocycles. The van der Waals surface area contributed by atoms with Gasteiger partial charge in [0.2, 0.25) is 0 Å². The lowest BCUT2D eigenvalue weighted by molar-refractivity contribution is 0.787. The molecule has 1 saturated heterocycles. The first-order valence-electron chi connectivity index (χ1n) is 3.50. The fourth-order valence-electron chi connectivity index (χ4n) is 0.991. The van der Waals surface area contributed by atoms with Gasteiger partial charge in [0.25, 0.3) is 0 Å². The van der Waals surface area contributed by atoms with Crippen LogP contribution >= 0.6 is 24.0 Å². The first-order chi connectivity index (χ1) is 5.27. The van der Waals surface area contributed by atoms with E-state index in [0.717, 1.165) is 4.32 Å². The summed E-state index contributed by atoms with van der Waals surface area (Å²) in [5.41, 5.74) is 0. The molecule has 0 aromatic carbocycles. The Labute approximate surface area is 76.9 Å². The van der Waals surface area contributed by atoms with Crippen molar-refractivity contribution >= 4 is 28.3 Å². The SMILES string of the molecule is C=CC1NC(=S)SC1/C=C\C. The number of hydrogen-bond acceptors (Lipinski definition) is 2. The first kappa shape index (κ1) is 8.81. The molecule has 0 aromatic rings. The van der Waals surface area contributed by atoms with Gasteiger partial charge in [0.1, 0.15) is 4.32 Å². The number of nitrogens with one attached hydrogen (secondary N) is 1. The van der Waals surface area contributed by atoms with Crippen molar-refractivity contribution in [1.82, 2.24) is 5.32 Å². The molecule has 1 aliphatic heterocycles. The van der Waals surface area contributed by atoms with E-state index in [-0.39, 0.29) is 0 Å². The first-order valence-corrected chi connectivity index (χ1v) is 4.79. The molecule has 1 N–H and O–H groups in total. The average Bonchev–Trinajstić information content (AvgIpc) is 2.32. The Hall–Kier alpha value is -0.280. The van der Waals surface area contributed by atoms with Crippen molar-refractivity contribution in [1.29, 1.82) is 0 Å². The Balaban J connectivity index is 2.64. The Morgan fingerprint density at radius 1 is 1.73 bits per heavy atom. The van der Waals surface area contributed by atoms with Crippen LogP contribution in [0.2, 0.25) is 0 Å². The van der Waals surface area contributed by atoms with Gasteiger partial charge in [0, 0.05) is 0 Å². The van der Waals surface area contributed by atoms with E-state index in [9.17, 15) is 0 Å². The second kappa shape index (κ2) is 3.93. The zero-order valence-corrected chi connectivity index (χ0v) is 8.04. The summed E-state index contributed by atoms with van der Waals surface area (Å²) in [4.78, 5) is 0. The van der Waals surface area contributed by atoms with Crippen LogP contribution in [0.5, 0.6) is 0 Å². The van der Waals surface area contributed by atoms with Gasteiger partial charge in [-0.2, -0.15) is 0 Å². The third-order valence-electron chi connectivity index (χ3n) is 1.52. The Morgan fingerprint density at radius 2 is 2.45 bits per heavy atom. The molecular weight excluding hydrogens is 174 g/mol. The smallest absolute Gasteiger partial charge is 0.134 e. The average molecular weight is 185 g/mol. The van der Waals surface area contributed by atoms with Gasteiger partial charge in [0.15, 0.2) is 0 Å². The highest BCUT2D eigenvalue weighted by atomic mass is 32.2. The molecule has 1 nitrogen and oxygen atoms in total. The monoisotopic (exact) mass is 185 g/mol. The van der Waals surface area contributed by atoms with Crippen LogP contribution in [-0.2, 0) is 0 Å². The van der Waals surface area contributed by atoms with E-state index >= 15 is 0 Å². The van der Waals surface area contributed by atoms with E-state index in [1.165, 1.54) is 0 Å². The van der Waals surface area contributed by atoms with Crippen LogP contribution in [0.25, 0.3) is 0 Å². The second-order valence-corrected chi connectivity index (χ2v) is 4.16. The van der Waals surface area contributed by atoms with Crippen molar-refractivity contribution in [2.24, 2.45) is 0 Å². The van der Waals surface area contributed by atoms with Gasteiger partial charge in [-0.15, -0.1) is 6.58 Å². The maximum absolute atomic E-state index is 5.02. The van der Waals surface area contributed by atoms with Gasteiger partial charge < -0.3 is 5.32 Å². The van der Waals surface area contributed by atoms with E-state index in [1.54, 1.807) is 11.8 Å². The molecule has 2 atom stereocenters. The Morgan fingerprint density at radius 3 is 3.00 bits per heavy atom. The van der Waals surface area contributed by atoms with Gasteiger partial charge >= 0.3 is 0 Å². The molecule has 0 aliphatic carbocycles. The molecule has 11 heavy (non-hydrogen) atoms. The fraction of sp³-hybridized carbons (Fsp3) is 0.375. The van der Waals surface area contributed by atoms with Crippen LogP contribution in [0.4, 0.5) is 0 Å². The summed E-state index contributed by atoms with van der Waals surface area (Å²) < 4.78 is 0.873. The fourth-order valence-corrected chi connectivity index (χ4v) is 2.47. The van der Waals surface area contributed by atoms with Crippen LogP contribution in [0, 0.1) is 0 Å². The maximum atomic E-state index is 5.02. The number of thioether (sulfide) groups is 1. The van der Waals surface area contributed by atoms with Gasteiger partial charge in [-0.1, -0.05) is 42.2 Å². The van der Waals surface area contributed by atoms with Crippen molar-refractivity contribution in [2.45, 2.75) is 18.2 Å². The number of thiocarbonyl (C=S) groups is 1. The van der Waals surface area contributed by atoms with Gasteiger partial charge in [-0.05, 0) is 6.92 Å². The molecule has 3 heteroatoms. The quantitative estimate of drug-likeness (QED) is 0.523. The largest absolute Gasteiger partial charge is 0.363 e. The molecule has 0 amide bonds. The number of allylic oxidation sites excluding steroid dienone is 1. The molecule has 60 valence electrons. The van der Waals surface area contributed by atoms with Crippen molar-refractivity contribution in [3.63, 3.8) is 0 Å². The van der Waals surface area contributed by atoms with E-state index < -0.39 is 0 Å². The summed E-state index contributed by atoms with van der Waals surface area (Å²) in [6.07, 6.45) is 6.09. The third kappa shape index (κ3) is 2.07. The molecule has 0 saturated carbocycles. The van der Waals surface area contributed by atoms with Crippen molar-refractivity contribution in [3.05, 3.63) is 24.8 Å². The van der Waals surface area contributed by atoms with Crippen molar-refractivity contribution in [3.8, 4) is 0 Å². The summed E-state index contributed by atoms with van der Waals surface area (Å²) in [5.74, 6) is 0. The van der Waals surface area contributed by atoms with Crippen molar-refractivity contribution < 1.29 is 0 Å². The minimum atomic E-state index is 0.309. The summed E-state index contributed by atoms with van der Waals surface area (Å²) in [5, 5.41) is 3.60. The molecule has 1 fully saturated rings. The van der Waals surface area contributed by atoms with Crippen LogP contribution in [0.3, 0.4) is 0 Å². The predicted octanol–water partition coefficient (Wildman–Crippen LogP) is 2.11. The van der Waals surface area contributed by atoms with E-state index in [4.69, 9.17) is 12.2 Å². The summed E-state index contributed by atoms with van der Waals surface area (Å²) in [6, 6.07) is 0.309. The van der Waals surface area contributed by atoms with Crippen LogP contribution < -0.4 is 5.32 Å². The van der Waals surface area contributed by atoms with Crippen LogP contribution in [-0.4, -0.2) is 15.6 Å². The molecule has 0 radical (unpaired) electrons. The van der Waals surface area contributed by atoms with E-state index in [2.05, 4.69) is 18.0 Å². The molecule has 0 bridgehead atoms. The highest BCUT2D eigenvalue weighted by molar-refractivity contribution is 8.23. The van der Waals surface area contributed by atoms with Crippen molar-refractivity contribution in [2.75, 3.05) is 0 Å². The zero-order valence-electron chi connectivity index (χ0n) is 6.41. The Kier molecular flexibility index (Phi) is 3.15. The minimum absolute atomic E-state index is 0.309. The third-order valence-corrected chi connectivity index (χ3v) is 2.98. The lowest BCUT2D eigenvalue weighted by Gasteiger charge is -2.08. The number of rotatable bonds is 2. The molecule has 0 spiro atoms. The maximum Gasteiger partial charge on any atom is 0.134 e.